The van der Waals surface area contributed by atoms with Gasteiger partial charge in [0.05, 0.1) is 0 Å². The molecule has 1 saturated carbocycles. The van der Waals surface area contributed by atoms with Crippen LogP contribution in [0, 0.1) is 5.82 Å². The smallest absolute Gasteiger partial charge is 0.222 e. The predicted octanol–water partition coefficient (Wildman–Crippen LogP) is 3.69. The molecule has 1 unspecified atom stereocenters. The molecule has 0 heterocycles. The maximum atomic E-state index is 13.3. The van der Waals surface area contributed by atoms with Gasteiger partial charge in [-0.15, -0.1) is 12.4 Å². The number of amides is 1. The molecule has 1 aromatic carbocycles. The fourth-order valence-corrected chi connectivity index (χ4v) is 3.16. The van der Waals surface area contributed by atoms with E-state index in [0.29, 0.717) is 25.4 Å². The standard InChI is InChI=1S/C18H27FN2O.ClH/c1-14(20)9-10-18(22)21(17-7-2-3-8-17)12-11-15-5-4-6-16(19)13-15;/h4-6,13-14,17H,2-3,7-12,20H2,1H3;1H. The van der Waals surface area contributed by atoms with Crippen molar-refractivity contribution in [1.82, 2.24) is 4.90 Å². The van der Waals surface area contributed by atoms with Crippen LogP contribution in [-0.4, -0.2) is 29.4 Å². The number of hydrogen-bond acceptors (Lipinski definition) is 2. The lowest BCUT2D eigenvalue weighted by Gasteiger charge is -2.29. The number of carbonyl (C=O) groups is 1. The van der Waals surface area contributed by atoms with Crippen LogP contribution in [0.2, 0.25) is 0 Å². The van der Waals surface area contributed by atoms with Gasteiger partial charge < -0.3 is 10.6 Å². The number of carbonyl (C=O) groups excluding carboxylic acids is 1. The van der Waals surface area contributed by atoms with Crippen molar-refractivity contribution < 1.29 is 9.18 Å². The normalized spacial score (nSPS) is 16.0. The minimum absolute atomic E-state index is 0. The van der Waals surface area contributed by atoms with E-state index in [0.717, 1.165) is 24.8 Å². The van der Waals surface area contributed by atoms with Gasteiger partial charge in [0.15, 0.2) is 0 Å². The molecule has 1 fully saturated rings. The molecule has 2 N–H and O–H groups in total. The van der Waals surface area contributed by atoms with Gasteiger partial charge in [-0.3, -0.25) is 4.79 Å². The van der Waals surface area contributed by atoms with Crippen LogP contribution in [0.5, 0.6) is 0 Å². The van der Waals surface area contributed by atoms with Crippen molar-refractivity contribution in [2.24, 2.45) is 5.73 Å². The number of benzene rings is 1. The van der Waals surface area contributed by atoms with Gasteiger partial charge in [0.25, 0.3) is 0 Å². The van der Waals surface area contributed by atoms with Gasteiger partial charge in [-0.25, -0.2) is 4.39 Å². The van der Waals surface area contributed by atoms with E-state index in [1.54, 1.807) is 12.1 Å². The Hall–Kier alpha value is -1.13. The number of nitrogens with zero attached hydrogens (tertiary/aromatic N) is 1. The predicted molar refractivity (Wildman–Crippen MR) is 94.2 cm³/mol. The van der Waals surface area contributed by atoms with Crippen molar-refractivity contribution in [3.05, 3.63) is 35.6 Å². The Morgan fingerprint density at radius 2 is 2.09 bits per heavy atom. The third-order valence-electron chi connectivity index (χ3n) is 4.43. The monoisotopic (exact) mass is 342 g/mol. The summed E-state index contributed by atoms with van der Waals surface area (Å²) in [4.78, 5) is 14.5. The van der Waals surface area contributed by atoms with E-state index in [2.05, 4.69) is 0 Å². The van der Waals surface area contributed by atoms with E-state index in [9.17, 15) is 9.18 Å². The second-order valence-electron chi connectivity index (χ2n) is 6.42. The van der Waals surface area contributed by atoms with Gasteiger partial charge in [-0.2, -0.15) is 0 Å². The highest BCUT2D eigenvalue weighted by atomic mass is 35.5. The largest absolute Gasteiger partial charge is 0.339 e. The molecule has 2 rings (SSSR count). The zero-order valence-corrected chi connectivity index (χ0v) is 14.7. The minimum atomic E-state index is -0.215. The van der Waals surface area contributed by atoms with Crippen LogP contribution >= 0.6 is 12.4 Å². The summed E-state index contributed by atoms with van der Waals surface area (Å²) in [6, 6.07) is 7.06. The summed E-state index contributed by atoms with van der Waals surface area (Å²) in [5.74, 6) is -0.0196. The Kier molecular flexibility index (Phi) is 8.56. The van der Waals surface area contributed by atoms with Crippen LogP contribution in [0.3, 0.4) is 0 Å². The van der Waals surface area contributed by atoms with Gasteiger partial charge in [-0.05, 0) is 50.3 Å². The van der Waals surface area contributed by atoms with E-state index in [1.807, 2.05) is 17.9 Å². The topological polar surface area (TPSA) is 46.3 Å². The van der Waals surface area contributed by atoms with Gasteiger partial charge in [0.2, 0.25) is 5.91 Å². The molecule has 1 atom stereocenters. The fraction of sp³-hybridized carbons (Fsp3) is 0.611. The van der Waals surface area contributed by atoms with Crippen molar-refractivity contribution in [2.75, 3.05) is 6.54 Å². The maximum Gasteiger partial charge on any atom is 0.222 e. The van der Waals surface area contributed by atoms with Crippen LogP contribution in [0.4, 0.5) is 4.39 Å². The maximum absolute atomic E-state index is 13.3. The molecule has 130 valence electrons. The highest BCUT2D eigenvalue weighted by Gasteiger charge is 2.26. The molecule has 0 saturated heterocycles. The number of hydrogen-bond donors (Lipinski definition) is 1. The van der Waals surface area contributed by atoms with Gasteiger partial charge >= 0.3 is 0 Å². The molecule has 1 aromatic rings. The van der Waals surface area contributed by atoms with Crippen molar-refractivity contribution in [3.8, 4) is 0 Å². The van der Waals surface area contributed by atoms with Crippen LogP contribution in [0.25, 0.3) is 0 Å². The molecular formula is C18H28ClFN2O. The van der Waals surface area contributed by atoms with E-state index in [4.69, 9.17) is 5.73 Å². The molecule has 0 radical (unpaired) electrons. The Morgan fingerprint density at radius 1 is 1.39 bits per heavy atom. The average Bonchev–Trinajstić information content (AvgIpc) is 2.99. The number of rotatable bonds is 7. The Morgan fingerprint density at radius 3 is 2.70 bits per heavy atom. The molecule has 0 bridgehead atoms. The molecule has 1 amide bonds. The Bertz CT molecular complexity index is 490. The van der Waals surface area contributed by atoms with Crippen LogP contribution in [0.1, 0.15) is 51.0 Å². The lowest BCUT2D eigenvalue weighted by Crippen LogP contribution is -2.40. The molecule has 5 heteroatoms. The third-order valence-corrected chi connectivity index (χ3v) is 4.43. The molecule has 23 heavy (non-hydrogen) atoms. The lowest BCUT2D eigenvalue weighted by molar-refractivity contribution is -0.133. The van der Waals surface area contributed by atoms with Gasteiger partial charge in [0.1, 0.15) is 5.82 Å². The molecule has 0 aromatic heterocycles. The van der Waals surface area contributed by atoms with Crippen molar-refractivity contribution in [1.29, 1.82) is 0 Å². The second-order valence-corrected chi connectivity index (χ2v) is 6.42. The zero-order chi connectivity index (χ0) is 15.9. The van der Waals surface area contributed by atoms with Gasteiger partial charge in [-0.1, -0.05) is 25.0 Å². The first-order chi connectivity index (χ1) is 10.6. The zero-order valence-electron chi connectivity index (χ0n) is 13.8. The fourth-order valence-electron chi connectivity index (χ4n) is 3.16. The highest BCUT2D eigenvalue weighted by molar-refractivity contribution is 5.85. The second kappa shape index (κ2) is 9.89. The molecule has 0 spiro atoms. The van der Waals surface area contributed by atoms with Crippen LogP contribution < -0.4 is 5.73 Å². The molecule has 1 aliphatic rings. The van der Waals surface area contributed by atoms with Crippen molar-refractivity contribution in [2.45, 2.75) is 64.0 Å². The van der Waals surface area contributed by atoms with E-state index in [-0.39, 0.29) is 30.2 Å². The third kappa shape index (κ3) is 6.48. The molecule has 1 aliphatic carbocycles. The highest BCUT2D eigenvalue weighted by Crippen LogP contribution is 2.24. The van der Waals surface area contributed by atoms with Crippen LogP contribution in [-0.2, 0) is 11.2 Å². The first-order valence-electron chi connectivity index (χ1n) is 8.36. The first-order valence-corrected chi connectivity index (χ1v) is 8.36. The van der Waals surface area contributed by atoms with E-state index < -0.39 is 0 Å². The van der Waals surface area contributed by atoms with Crippen molar-refractivity contribution >= 4 is 18.3 Å². The number of nitrogens with two attached hydrogens (primary N) is 1. The first kappa shape index (κ1) is 19.9. The van der Waals surface area contributed by atoms with Gasteiger partial charge in [0, 0.05) is 25.0 Å². The minimum Gasteiger partial charge on any atom is -0.339 e. The summed E-state index contributed by atoms with van der Waals surface area (Å²) in [5.41, 5.74) is 6.71. The van der Waals surface area contributed by atoms with Crippen molar-refractivity contribution in [3.63, 3.8) is 0 Å². The molecule has 0 aliphatic heterocycles. The Balaban J connectivity index is 0.00000264. The summed E-state index contributed by atoms with van der Waals surface area (Å²) in [6.07, 6.45) is 6.51. The average molecular weight is 343 g/mol. The summed E-state index contributed by atoms with van der Waals surface area (Å²) in [7, 11) is 0. The summed E-state index contributed by atoms with van der Waals surface area (Å²) < 4.78 is 13.3. The van der Waals surface area contributed by atoms with E-state index >= 15 is 0 Å². The molecule has 3 nitrogen and oxygen atoms in total. The SMILES string of the molecule is CC(N)CCC(=O)N(CCc1cccc(F)c1)C1CCCC1.Cl. The van der Waals surface area contributed by atoms with Crippen LogP contribution in [0.15, 0.2) is 24.3 Å². The lowest BCUT2D eigenvalue weighted by atomic mass is 10.1. The molecular weight excluding hydrogens is 315 g/mol. The summed E-state index contributed by atoms with van der Waals surface area (Å²) in [6.45, 7) is 2.60. The summed E-state index contributed by atoms with van der Waals surface area (Å²) >= 11 is 0. The van der Waals surface area contributed by atoms with E-state index in [1.165, 1.54) is 18.9 Å². The summed E-state index contributed by atoms with van der Waals surface area (Å²) in [5, 5.41) is 0. The quantitative estimate of drug-likeness (QED) is 0.821. The Labute approximate surface area is 144 Å². The number of halogens is 2.